The maximum absolute atomic E-state index is 11.8. The van der Waals surface area contributed by atoms with Crippen LogP contribution in [0.5, 0.6) is 6.01 Å². The Bertz CT molecular complexity index is 1480. The molecule has 0 amide bonds. The molecule has 10 heteroatoms. The zero-order chi connectivity index (χ0) is 23.8. The number of carbonyl (C=O) groups is 1. The quantitative estimate of drug-likeness (QED) is 0.381. The highest BCUT2D eigenvalue weighted by molar-refractivity contribution is 6.01. The van der Waals surface area contributed by atoms with Crippen LogP contribution in [-0.4, -0.2) is 52.9 Å². The molecule has 3 heterocycles. The van der Waals surface area contributed by atoms with Crippen molar-refractivity contribution in [3.63, 3.8) is 0 Å². The van der Waals surface area contributed by atoms with E-state index >= 15 is 0 Å². The predicted octanol–water partition coefficient (Wildman–Crippen LogP) is 3.77. The van der Waals surface area contributed by atoms with E-state index in [1.165, 1.54) is 7.11 Å². The van der Waals surface area contributed by atoms with Crippen molar-refractivity contribution in [2.45, 2.75) is 26.9 Å². The highest BCUT2D eigenvalue weighted by atomic mass is 16.5. The van der Waals surface area contributed by atoms with Gasteiger partial charge in [0.1, 0.15) is 0 Å². The number of nitrogens with zero attached hydrogens (tertiary/aromatic N) is 6. The molecule has 10 nitrogen and oxygen atoms in total. The van der Waals surface area contributed by atoms with Crippen LogP contribution in [0.25, 0.3) is 33.7 Å². The van der Waals surface area contributed by atoms with Gasteiger partial charge in [-0.2, -0.15) is 10.2 Å². The number of hydrogen-bond donors (Lipinski definition) is 2. The zero-order valence-electron chi connectivity index (χ0n) is 19.0. The van der Waals surface area contributed by atoms with Crippen molar-refractivity contribution in [2.75, 3.05) is 7.11 Å². The lowest BCUT2D eigenvalue weighted by Crippen LogP contribution is -2.06. The summed E-state index contributed by atoms with van der Waals surface area (Å²) < 4.78 is 9.46. The van der Waals surface area contributed by atoms with E-state index in [-0.39, 0.29) is 5.56 Å². The van der Waals surface area contributed by atoms with Crippen LogP contribution in [0.4, 0.5) is 0 Å². The van der Waals surface area contributed by atoms with E-state index < -0.39 is 5.97 Å². The molecule has 2 N–H and O–H groups in total. The van der Waals surface area contributed by atoms with Crippen molar-refractivity contribution in [3.05, 3.63) is 65.4 Å². The molecule has 0 aliphatic heterocycles. The summed E-state index contributed by atoms with van der Waals surface area (Å²) in [6, 6.07) is 15.6. The van der Waals surface area contributed by atoms with Crippen LogP contribution < -0.4 is 4.74 Å². The van der Waals surface area contributed by atoms with Gasteiger partial charge in [-0.25, -0.2) is 4.79 Å². The first-order chi connectivity index (χ1) is 16.5. The summed E-state index contributed by atoms with van der Waals surface area (Å²) in [4.78, 5) is 16.3. The van der Waals surface area contributed by atoms with E-state index in [2.05, 4.69) is 50.1 Å². The van der Waals surface area contributed by atoms with E-state index in [4.69, 9.17) is 4.74 Å². The number of fused-ring (bicyclic) bond motifs is 1. The van der Waals surface area contributed by atoms with Gasteiger partial charge in [0.15, 0.2) is 0 Å². The largest absolute Gasteiger partial charge is 0.478 e. The Balaban J connectivity index is 1.56. The Labute approximate surface area is 194 Å². The fraction of sp³-hybridized carbons (Fsp3) is 0.208. The summed E-state index contributed by atoms with van der Waals surface area (Å²) in [6.45, 7) is 5.37. The highest BCUT2D eigenvalue weighted by Gasteiger charge is 2.20. The number of aromatic carboxylic acids is 1. The molecule has 3 aromatic heterocycles. The maximum atomic E-state index is 11.8. The number of methoxy groups -OCH3 is 1. The molecule has 0 spiro atoms. The summed E-state index contributed by atoms with van der Waals surface area (Å²) in [5.74, 6) is -0.459. The number of H-pyrrole nitrogens is 1. The van der Waals surface area contributed by atoms with Gasteiger partial charge in [-0.3, -0.25) is 4.57 Å². The van der Waals surface area contributed by atoms with Crippen molar-refractivity contribution < 1.29 is 14.6 Å². The van der Waals surface area contributed by atoms with Gasteiger partial charge in [0, 0.05) is 17.8 Å². The third-order valence-electron chi connectivity index (χ3n) is 5.92. The van der Waals surface area contributed by atoms with Crippen LogP contribution in [-0.2, 0) is 13.1 Å². The monoisotopic (exact) mass is 457 g/mol. The third-order valence-corrected chi connectivity index (χ3v) is 5.92. The van der Waals surface area contributed by atoms with Crippen molar-refractivity contribution in [3.8, 4) is 28.7 Å². The van der Waals surface area contributed by atoms with Crippen molar-refractivity contribution >= 4 is 17.0 Å². The molecule has 0 saturated carbocycles. The Morgan fingerprint density at radius 2 is 1.94 bits per heavy atom. The number of imidazole rings is 1. The van der Waals surface area contributed by atoms with Crippen LogP contribution in [0.15, 0.2) is 48.5 Å². The number of carboxylic acid groups (broad SMARTS) is 1. The van der Waals surface area contributed by atoms with Gasteiger partial charge in [-0.15, -0.1) is 10.2 Å². The van der Waals surface area contributed by atoms with E-state index in [0.717, 1.165) is 34.6 Å². The van der Waals surface area contributed by atoms with Crippen LogP contribution >= 0.6 is 0 Å². The molecule has 34 heavy (non-hydrogen) atoms. The number of tetrazole rings is 1. The Kier molecular flexibility index (Phi) is 5.33. The van der Waals surface area contributed by atoms with Crippen molar-refractivity contribution in [2.24, 2.45) is 0 Å². The number of carboxylic acids is 1. The first kappa shape index (κ1) is 21.4. The third kappa shape index (κ3) is 3.49. The average Bonchev–Trinajstić information content (AvgIpc) is 3.57. The second-order valence-corrected chi connectivity index (χ2v) is 7.89. The molecule has 5 rings (SSSR count). The van der Waals surface area contributed by atoms with Gasteiger partial charge in [0.2, 0.25) is 5.82 Å². The normalized spacial score (nSPS) is 11.3. The van der Waals surface area contributed by atoms with Crippen LogP contribution in [0, 0.1) is 6.92 Å². The molecule has 0 unspecified atom stereocenters. The van der Waals surface area contributed by atoms with E-state index in [0.29, 0.717) is 29.4 Å². The number of aryl methyl sites for hydroxylation is 1. The number of ether oxygens (including phenoxy) is 1. The standard InChI is InChI=1S/C24H23N7O3/c1-4-30-14(2)12-18(22-26-28-29-27-22)20(30)16-10-8-15(9-11-16)13-31-21-17(23(32)33)6-5-7-19(21)25-24(31)34-3/h5-12H,4,13H2,1-3H3,(H,32,33)(H,26,27,28,29). The molecule has 0 radical (unpaired) electrons. The first-order valence-electron chi connectivity index (χ1n) is 10.8. The van der Waals surface area contributed by atoms with Gasteiger partial charge < -0.3 is 14.4 Å². The van der Waals surface area contributed by atoms with Crippen LogP contribution in [0.3, 0.4) is 0 Å². The minimum Gasteiger partial charge on any atom is -0.478 e. The zero-order valence-corrected chi connectivity index (χ0v) is 19.0. The number of rotatable bonds is 7. The van der Waals surface area contributed by atoms with Gasteiger partial charge in [-0.1, -0.05) is 30.3 Å². The molecule has 0 aliphatic carbocycles. The molecule has 5 aromatic rings. The lowest BCUT2D eigenvalue weighted by Gasteiger charge is -2.13. The van der Waals surface area contributed by atoms with Gasteiger partial charge in [0.25, 0.3) is 6.01 Å². The summed E-state index contributed by atoms with van der Waals surface area (Å²) >= 11 is 0. The topological polar surface area (TPSA) is 124 Å². The second-order valence-electron chi connectivity index (χ2n) is 7.89. The fourth-order valence-electron chi connectivity index (χ4n) is 4.43. The molecular formula is C24H23N7O3. The molecule has 0 fully saturated rings. The van der Waals surface area contributed by atoms with Gasteiger partial charge in [0.05, 0.1) is 35.9 Å². The minimum absolute atomic E-state index is 0.186. The average molecular weight is 457 g/mol. The van der Waals surface area contributed by atoms with E-state index in [1.54, 1.807) is 22.8 Å². The van der Waals surface area contributed by atoms with Gasteiger partial charge in [-0.05, 0) is 48.4 Å². The van der Waals surface area contributed by atoms with Gasteiger partial charge >= 0.3 is 5.97 Å². The molecule has 172 valence electrons. The number of benzene rings is 2. The number of hydrogen-bond acceptors (Lipinski definition) is 6. The highest BCUT2D eigenvalue weighted by Crippen LogP contribution is 2.34. The van der Waals surface area contributed by atoms with Crippen molar-refractivity contribution in [1.29, 1.82) is 0 Å². The van der Waals surface area contributed by atoms with Crippen molar-refractivity contribution in [1.82, 2.24) is 34.7 Å². The smallest absolute Gasteiger partial charge is 0.337 e. The number of para-hydroxylation sites is 1. The predicted molar refractivity (Wildman–Crippen MR) is 126 cm³/mol. The first-order valence-corrected chi connectivity index (χ1v) is 10.8. The summed E-state index contributed by atoms with van der Waals surface area (Å²) in [5.41, 5.74) is 6.34. The van der Waals surface area contributed by atoms with Crippen LogP contribution in [0.1, 0.15) is 28.5 Å². The molecule has 0 aliphatic rings. The second kappa shape index (κ2) is 8.47. The summed E-state index contributed by atoms with van der Waals surface area (Å²) in [7, 11) is 1.53. The SMILES string of the molecule is CCn1c(C)cc(-c2nn[nH]n2)c1-c1ccc(Cn2c(OC)nc3cccc(C(=O)O)c32)cc1. The Morgan fingerprint density at radius 3 is 2.59 bits per heavy atom. The van der Waals surface area contributed by atoms with E-state index in [9.17, 15) is 9.90 Å². The summed E-state index contributed by atoms with van der Waals surface area (Å²) in [6.07, 6.45) is 0. The maximum Gasteiger partial charge on any atom is 0.337 e. The number of nitrogens with one attached hydrogen (secondary N) is 1. The molecular weight excluding hydrogens is 434 g/mol. The number of aromatic nitrogens is 7. The lowest BCUT2D eigenvalue weighted by atomic mass is 10.0. The fourth-order valence-corrected chi connectivity index (χ4v) is 4.43. The molecule has 0 atom stereocenters. The Morgan fingerprint density at radius 1 is 1.15 bits per heavy atom. The minimum atomic E-state index is -1.01. The lowest BCUT2D eigenvalue weighted by molar-refractivity contribution is 0.0698. The van der Waals surface area contributed by atoms with Crippen LogP contribution in [0.2, 0.25) is 0 Å². The summed E-state index contributed by atoms with van der Waals surface area (Å²) in [5, 5.41) is 24.2. The van der Waals surface area contributed by atoms with E-state index in [1.807, 2.05) is 24.3 Å². The molecule has 2 aromatic carbocycles. The Hall–Kier alpha value is -4.47. The molecule has 0 bridgehead atoms. The number of aromatic amines is 1. The molecule has 0 saturated heterocycles.